The lowest BCUT2D eigenvalue weighted by atomic mass is 10.1. The molecule has 168 valence electrons. The molecule has 0 saturated heterocycles. The number of aromatic nitrogens is 3. The first-order chi connectivity index (χ1) is 15.5. The van der Waals surface area contributed by atoms with Gasteiger partial charge in [0.05, 0.1) is 0 Å². The first kappa shape index (κ1) is 21.7. The minimum Gasteiger partial charge on any atom is -0.508 e. The average molecular weight is 437 g/mol. The summed E-state index contributed by atoms with van der Waals surface area (Å²) >= 11 is 0. The Morgan fingerprint density at radius 1 is 1.22 bits per heavy atom. The fourth-order valence-corrected chi connectivity index (χ4v) is 3.94. The van der Waals surface area contributed by atoms with Gasteiger partial charge in [0.1, 0.15) is 23.9 Å². The van der Waals surface area contributed by atoms with Gasteiger partial charge < -0.3 is 15.2 Å². The Morgan fingerprint density at radius 3 is 2.81 bits per heavy atom. The normalized spacial score (nSPS) is 15.6. The van der Waals surface area contributed by atoms with Crippen molar-refractivity contribution in [3.05, 3.63) is 76.0 Å². The Bertz CT molecular complexity index is 1140. The number of nitrogens with one attached hydrogen (secondary N) is 1. The van der Waals surface area contributed by atoms with Crippen LogP contribution in [-0.2, 0) is 26.1 Å². The molecule has 2 N–H and O–H groups in total. The summed E-state index contributed by atoms with van der Waals surface area (Å²) in [5.74, 6) is 0.891. The Morgan fingerprint density at radius 2 is 2.03 bits per heavy atom. The summed E-state index contributed by atoms with van der Waals surface area (Å²) < 4.78 is 9.00. The van der Waals surface area contributed by atoms with Gasteiger partial charge in [0.25, 0.3) is 5.91 Å². The zero-order valence-corrected chi connectivity index (χ0v) is 18.2. The molecule has 8 heteroatoms. The van der Waals surface area contributed by atoms with E-state index in [2.05, 4.69) is 10.4 Å². The van der Waals surface area contributed by atoms with Crippen molar-refractivity contribution in [3.63, 3.8) is 0 Å². The monoisotopic (exact) mass is 436 g/mol. The predicted octanol–water partition coefficient (Wildman–Crippen LogP) is 2.87. The molecule has 32 heavy (non-hydrogen) atoms. The van der Waals surface area contributed by atoms with E-state index in [1.54, 1.807) is 10.6 Å². The van der Waals surface area contributed by atoms with Crippen LogP contribution in [0.25, 0.3) is 0 Å². The number of aromatic hydroxyl groups is 1. The molecule has 0 radical (unpaired) electrons. The van der Waals surface area contributed by atoms with E-state index in [1.807, 2.05) is 37.3 Å². The zero-order valence-electron chi connectivity index (χ0n) is 18.2. The molecule has 0 aliphatic carbocycles. The number of ether oxygens (including phenoxy) is 1. The molecule has 0 bridgehead atoms. The second kappa shape index (κ2) is 9.72. The molecular formula is C24H28N4O4. The summed E-state index contributed by atoms with van der Waals surface area (Å²) in [5, 5.41) is 17.5. The van der Waals surface area contributed by atoms with Gasteiger partial charge in [-0.05, 0) is 37.0 Å². The van der Waals surface area contributed by atoms with Crippen LogP contribution in [0.4, 0.5) is 0 Å². The number of carbonyl (C=O) groups is 1. The first-order valence-corrected chi connectivity index (χ1v) is 11.0. The van der Waals surface area contributed by atoms with Crippen LogP contribution < -0.4 is 15.7 Å². The molecule has 2 aromatic carbocycles. The fraction of sp³-hybridized carbons (Fsp3) is 0.375. The topological polar surface area (TPSA) is 98.4 Å². The van der Waals surface area contributed by atoms with Crippen molar-refractivity contribution in [1.82, 2.24) is 19.7 Å². The van der Waals surface area contributed by atoms with Crippen molar-refractivity contribution in [1.29, 1.82) is 0 Å². The standard InChI is InChI=1S/C24H28N4O4/c1-2-11-28-24(31)27-12-10-19(8-9-22(27)26-28)25-23(30)18-13-20(29)15-21(14-18)32-16-17-6-4-3-5-7-17/h3-7,13-15,19,29H,2,8-12,16H2,1H3,(H,25,30). The number of hydrogen-bond donors (Lipinski definition) is 2. The minimum absolute atomic E-state index is 0.0295. The van der Waals surface area contributed by atoms with Crippen LogP contribution in [0.3, 0.4) is 0 Å². The van der Waals surface area contributed by atoms with Gasteiger partial charge >= 0.3 is 5.69 Å². The highest BCUT2D eigenvalue weighted by Gasteiger charge is 2.22. The predicted molar refractivity (Wildman–Crippen MR) is 120 cm³/mol. The number of hydrogen-bond acceptors (Lipinski definition) is 5. The van der Waals surface area contributed by atoms with Crippen LogP contribution in [0.1, 0.15) is 47.9 Å². The highest BCUT2D eigenvalue weighted by molar-refractivity contribution is 5.95. The molecule has 3 aromatic rings. The third-order valence-electron chi connectivity index (χ3n) is 5.59. The number of benzene rings is 2. The number of phenolic OH excluding ortho intramolecular Hbond substituents is 1. The summed E-state index contributed by atoms with van der Waals surface area (Å²) in [6.07, 6.45) is 2.83. The van der Waals surface area contributed by atoms with E-state index in [0.29, 0.717) is 50.3 Å². The number of aryl methyl sites for hydroxylation is 2. The number of phenols is 1. The third kappa shape index (κ3) is 5.01. The van der Waals surface area contributed by atoms with Gasteiger partial charge in [0.2, 0.25) is 0 Å². The lowest BCUT2D eigenvalue weighted by molar-refractivity contribution is 0.0932. The summed E-state index contributed by atoms with van der Waals surface area (Å²) in [7, 11) is 0. The average Bonchev–Trinajstić information content (AvgIpc) is 2.95. The maximum atomic E-state index is 12.9. The van der Waals surface area contributed by atoms with Crippen LogP contribution in [0.2, 0.25) is 0 Å². The van der Waals surface area contributed by atoms with E-state index in [9.17, 15) is 14.7 Å². The van der Waals surface area contributed by atoms with E-state index >= 15 is 0 Å². The third-order valence-corrected chi connectivity index (χ3v) is 5.59. The van der Waals surface area contributed by atoms with Gasteiger partial charge in [-0.1, -0.05) is 37.3 Å². The highest BCUT2D eigenvalue weighted by Crippen LogP contribution is 2.23. The minimum atomic E-state index is -0.279. The Hall–Kier alpha value is -3.55. The van der Waals surface area contributed by atoms with Gasteiger partial charge in [-0.2, -0.15) is 5.10 Å². The number of fused-ring (bicyclic) bond motifs is 1. The van der Waals surface area contributed by atoms with Crippen LogP contribution in [0.5, 0.6) is 11.5 Å². The van der Waals surface area contributed by atoms with E-state index in [1.165, 1.54) is 16.8 Å². The summed E-state index contributed by atoms with van der Waals surface area (Å²) in [4.78, 5) is 25.3. The molecule has 1 unspecified atom stereocenters. The first-order valence-electron chi connectivity index (χ1n) is 11.0. The number of amides is 1. The van der Waals surface area contributed by atoms with Gasteiger partial charge in [-0.15, -0.1) is 0 Å². The van der Waals surface area contributed by atoms with Crippen molar-refractivity contribution in [2.75, 3.05) is 0 Å². The Balaban J connectivity index is 1.39. The lowest BCUT2D eigenvalue weighted by Crippen LogP contribution is -2.35. The summed E-state index contributed by atoms with van der Waals surface area (Å²) in [6, 6.07) is 14.1. The highest BCUT2D eigenvalue weighted by atomic mass is 16.5. The van der Waals surface area contributed by atoms with Crippen LogP contribution in [-0.4, -0.2) is 31.4 Å². The number of nitrogens with zero attached hydrogens (tertiary/aromatic N) is 3. The van der Waals surface area contributed by atoms with E-state index in [4.69, 9.17) is 4.74 Å². The fourth-order valence-electron chi connectivity index (χ4n) is 3.94. The van der Waals surface area contributed by atoms with Crippen LogP contribution in [0.15, 0.2) is 53.3 Å². The molecular weight excluding hydrogens is 408 g/mol. The largest absolute Gasteiger partial charge is 0.508 e. The molecule has 0 spiro atoms. The SMILES string of the molecule is CCCn1nc2n(c1=O)CCC(NC(=O)c1cc(O)cc(OCc3ccccc3)c1)CC2. The maximum Gasteiger partial charge on any atom is 0.345 e. The Labute approximate surface area is 186 Å². The van der Waals surface area contributed by atoms with E-state index in [-0.39, 0.29) is 23.4 Å². The summed E-state index contributed by atoms with van der Waals surface area (Å²) in [5.41, 5.74) is 1.25. The van der Waals surface area contributed by atoms with Crippen molar-refractivity contribution >= 4 is 5.91 Å². The molecule has 1 aliphatic heterocycles. The van der Waals surface area contributed by atoms with E-state index in [0.717, 1.165) is 17.8 Å². The quantitative estimate of drug-likeness (QED) is 0.594. The maximum absolute atomic E-state index is 12.9. The molecule has 4 rings (SSSR count). The molecule has 0 saturated carbocycles. The number of carbonyl (C=O) groups excluding carboxylic acids is 1. The molecule has 1 amide bonds. The van der Waals surface area contributed by atoms with E-state index < -0.39 is 0 Å². The van der Waals surface area contributed by atoms with Crippen LogP contribution >= 0.6 is 0 Å². The van der Waals surface area contributed by atoms with Gasteiger partial charge in [0.15, 0.2) is 0 Å². The smallest absolute Gasteiger partial charge is 0.345 e. The molecule has 1 aromatic heterocycles. The Kier molecular flexibility index (Phi) is 6.58. The van der Waals surface area contributed by atoms with Crippen molar-refractivity contribution in [3.8, 4) is 11.5 Å². The lowest BCUT2D eigenvalue weighted by Gasteiger charge is -2.17. The van der Waals surface area contributed by atoms with Crippen LogP contribution in [0, 0.1) is 0 Å². The van der Waals surface area contributed by atoms with Gasteiger partial charge in [0, 0.05) is 37.2 Å². The molecule has 1 aliphatic rings. The van der Waals surface area contributed by atoms with Gasteiger partial charge in [-0.25, -0.2) is 9.48 Å². The van der Waals surface area contributed by atoms with Gasteiger partial charge in [-0.3, -0.25) is 9.36 Å². The second-order valence-corrected chi connectivity index (χ2v) is 8.06. The second-order valence-electron chi connectivity index (χ2n) is 8.06. The molecule has 8 nitrogen and oxygen atoms in total. The molecule has 2 heterocycles. The zero-order chi connectivity index (χ0) is 22.5. The van der Waals surface area contributed by atoms with Crippen molar-refractivity contribution in [2.24, 2.45) is 0 Å². The molecule has 0 fully saturated rings. The van der Waals surface area contributed by atoms with Crippen molar-refractivity contribution in [2.45, 2.75) is 58.3 Å². The summed E-state index contributed by atoms with van der Waals surface area (Å²) in [6.45, 7) is 3.50. The molecule has 1 atom stereocenters. The number of rotatable bonds is 7. The van der Waals surface area contributed by atoms with Crippen molar-refractivity contribution < 1.29 is 14.6 Å².